The molecule has 2 unspecified atom stereocenters. The maximum absolute atomic E-state index is 12.2. The molecule has 0 bridgehead atoms. The molecule has 0 aliphatic rings. The Morgan fingerprint density at radius 2 is 1.44 bits per heavy atom. The van der Waals surface area contributed by atoms with Crippen molar-refractivity contribution in [3.8, 4) is 0 Å². The lowest BCUT2D eigenvalue weighted by Crippen LogP contribution is -2.45. The molecule has 0 aliphatic carbocycles. The summed E-state index contributed by atoms with van der Waals surface area (Å²) in [7, 11) is 0. The van der Waals surface area contributed by atoms with Crippen molar-refractivity contribution in [3.63, 3.8) is 0 Å². The molecule has 3 heteroatoms. The molecule has 0 saturated carbocycles. The number of carbonyl (C=O) groups is 2. The zero-order valence-corrected chi connectivity index (χ0v) is 12.9. The van der Waals surface area contributed by atoms with E-state index in [9.17, 15) is 9.59 Å². The average Bonchev–Trinajstić information content (AvgIpc) is 2.23. The van der Waals surface area contributed by atoms with Crippen LogP contribution >= 0.6 is 0 Å². The molecular formula is C15H29NO2. The molecule has 0 saturated heterocycles. The molecule has 0 radical (unpaired) electrons. The van der Waals surface area contributed by atoms with E-state index in [0.29, 0.717) is 6.42 Å². The third-order valence-electron chi connectivity index (χ3n) is 3.09. The summed E-state index contributed by atoms with van der Waals surface area (Å²) in [5, 5.41) is 3.29. The maximum atomic E-state index is 12.2. The average molecular weight is 255 g/mol. The molecule has 1 N–H and O–H groups in total. The second-order valence-corrected chi connectivity index (χ2v) is 6.17. The number of nitrogens with one attached hydrogen (secondary N) is 1. The summed E-state index contributed by atoms with van der Waals surface area (Å²) in [4.78, 5) is 24.1. The van der Waals surface area contributed by atoms with Crippen LogP contribution in [0.2, 0.25) is 0 Å². The van der Waals surface area contributed by atoms with Crippen molar-refractivity contribution in [1.29, 1.82) is 0 Å². The number of hydrogen-bond acceptors (Lipinski definition) is 3. The van der Waals surface area contributed by atoms with Crippen LogP contribution < -0.4 is 5.32 Å². The minimum atomic E-state index is -0.173. The van der Waals surface area contributed by atoms with E-state index >= 15 is 0 Å². The first-order chi connectivity index (χ1) is 8.16. The maximum Gasteiger partial charge on any atom is 0.150 e. The van der Waals surface area contributed by atoms with Gasteiger partial charge in [0.15, 0.2) is 5.78 Å². The SMILES string of the molecule is CC(C)NC(C(=O)CC(C)C(=O)C(C)C)C(C)C. The number of carbonyl (C=O) groups excluding carboxylic acids is 2. The van der Waals surface area contributed by atoms with Gasteiger partial charge in [0.2, 0.25) is 0 Å². The van der Waals surface area contributed by atoms with E-state index in [1.807, 2.05) is 48.5 Å². The topological polar surface area (TPSA) is 46.2 Å². The molecule has 0 aromatic heterocycles. The van der Waals surface area contributed by atoms with Gasteiger partial charge in [-0.25, -0.2) is 0 Å². The van der Waals surface area contributed by atoms with Gasteiger partial charge in [0.25, 0.3) is 0 Å². The smallest absolute Gasteiger partial charge is 0.150 e. The van der Waals surface area contributed by atoms with Gasteiger partial charge in [0.05, 0.1) is 6.04 Å². The molecular weight excluding hydrogens is 226 g/mol. The van der Waals surface area contributed by atoms with Crippen LogP contribution in [0.15, 0.2) is 0 Å². The number of hydrogen-bond donors (Lipinski definition) is 1. The van der Waals surface area contributed by atoms with Gasteiger partial charge in [-0.15, -0.1) is 0 Å². The molecule has 0 aliphatic heterocycles. The van der Waals surface area contributed by atoms with Crippen LogP contribution in [0.3, 0.4) is 0 Å². The van der Waals surface area contributed by atoms with Crippen molar-refractivity contribution < 1.29 is 9.59 Å². The third-order valence-corrected chi connectivity index (χ3v) is 3.09. The Labute approximate surface area is 112 Å². The molecule has 3 nitrogen and oxygen atoms in total. The molecule has 18 heavy (non-hydrogen) atoms. The first-order valence-corrected chi connectivity index (χ1v) is 6.99. The molecule has 106 valence electrons. The van der Waals surface area contributed by atoms with Crippen LogP contribution in [0.25, 0.3) is 0 Å². The van der Waals surface area contributed by atoms with Crippen molar-refractivity contribution >= 4 is 11.6 Å². The van der Waals surface area contributed by atoms with E-state index in [0.717, 1.165) is 0 Å². The minimum absolute atomic E-state index is 0.00311. The van der Waals surface area contributed by atoms with E-state index in [1.54, 1.807) is 0 Å². The first-order valence-electron chi connectivity index (χ1n) is 6.99. The summed E-state index contributed by atoms with van der Waals surface area (Å²) in [6, 6.07) is 0.130. The summed E-state index contributed by atoms with van der Waals surface area (Å²) in [6.45, 7) is 13.8. The van der Waals surface area contributed by atoms with Crippen LogP contribution in [-0.4, -0.2) is 23.7 Å². The van der Waals surface area contributed by atoms with Crippen LogP contribution in [0, 0.1) is 17.8 Å². The number of Topliss-reactive ketones (excluding diaryl/α,β-unsaturated/α-hetero) is 2. The van der Waals surface area contributed by atoms with Crippen molar-refractivity contribution in [3.05, 3.63) is 0 Å². The lowest BCUT2D eigenvalue weighted by Gasteiger charge is -2.25. The highest BCUT2D eigenvalue weighted by Crippen LogP contribution is 2.15. The molecule has 2 atom stereocenters. The van der Waals surface area contributed by atoms with Crippen LogP contribution in [-0.2, 0) is 9.59 Å². The van der Waals surface area contributed by atoms with Crippen molar-refractivity contribution in [2.45, 2.75) is 67.0 Å². The molecule has 0 fully saturated rings. The summed E-state index contributed by atoms with van der Waals surface area (Å²) < 4.78 is 0. The fraction of sp³-hybridized carbons (Fsp3) is 0.867. The van der Waals surface area contributed by atoms with E-state index < -0.39 is 0 Å². The number of ketones is 2. The molecule has 0 rings (SSSR count). The fourth-order valence-corrected chi connectivity index (χ4v) is 2.11. The third kappa shape index (κ3) is 5.76. The minimum Gasteiger partial charge on any atom is -0.305 e. The monoisotopic (exact) mass is 255 g/mol. The van der Waals surface area contributed by atoms with Crippen LogP contribution in [0.5, 0.6) is 0 Å². The zero-order valence-electron chi connectivity index (χ0n) is 12.9. The molecule has 0 amide bonds. The highest BCUT2D eigenvalue weighted by atomic mass is 16.1. The Hall–Kier alpha value is -0.700. The van der Waals surface area contributed by atoms with Gasteiger partial charge >= 0.3 is 0 Å². The van der Waals surface area contributed by atoms with E-state index in [2.05, 4.69) is 5.32 Å². The highest BCUT2D eigenvalue weighted by molar-refractivity contribution is 5.91. The molecule has 0 aromatic carbocycles. The largest absolute Gasteiger partial charge is 0.305 e. The Morgan fingerprint density at radius 1 is 0.944 bits per heavy atom. The summed E-state index contributed by atoms with van der Waals surface area (Å²) in [6.07, 6.45) is 0.347. The predicted octanol–water partition coefficient (Wildman–Crippen LogP) is 2.83. The summed E-state index contributed by atoms with van der Waals surface area (Å²) >= 11 is 0. The highest BCUT2D eigenvalue weighted by Gasteiger charge is 2.26. The van der Waals surface area contributed by atoms with Gasteiger partial charge in [-0.2, -0.15) is 0 Å². The Morgan fingerprint density at radius 3 is 1.78 bits per heavy atom. The second-order valence-electron chi connectivity index (χ2n) is 6.17. The Bertz CT molecular complexity index is 282. The van der Waals surface area contributed by atoms with E-state index in [4.69, 9.17) is 0 Å². The second kappa shape index (κ2) is 7.67. The lowest BCUT2D eigenvalue weighted by molar-refractivity contribution is -0.130. The molecule has 0 spiro atoms. The van der Waals surface area contributed by atoms with Gasteiger partial charge in [0, 0.05) is 24.3 Å². The van der Waals surface area contributed by atoms with Crippen LogP contribution in [0.1, 0.15) is 54.9 Å². The van der Waals surface area contributed by atoms with E-state index in [-0.39, 0.29) is 41.4 Å². The van der Waals surface area contributed by atoms with Crippen molar-refractivity contribution in [2.24, 2.45) is 17.8 Å². The van der Waals surface area contributed by atoms with Gasteiger partial charge in [-0.3, -0.25) is 9.59 Å². The standard InChI is InChI=1S/C15H29NO2/c1-9(2)14(16-11(5)6)13(17)8-12(7)15(18)10(3)4/h9-12,14,16H,8H2,1-7H3. The number of rotatable bonds is 8. The van der Waals surface area contributed by atoms with Gasteiger partial charge in [-0.1, -0.05) is 48.5 Å². The molecule has 0 heterocycles. The normalized spacial score (nSPS) is 15.2. The Balaban J connectivity index is 4.56. The van der Waals surface area contributed by atoms with Gasteiger partial charge < -0.3 is 5.32 Å². The Kier molecular flexibility index (Phi) is 7.37. The van der Waals surface area contributed by atoms with E-state index in [1.165, 1.54) is 0 Å². The summed E-state index contributed by atoms with van der Waals surface area (Å²) in [5.41, 5.74) is 0. The zero-order chi connectivity index (χ0) is 14.5. The fourth-order valence-electron chi connectivity index (χ4n) is 2.11. The van der Waals surface area contributed by atoms with Crippen LogP contribution in [0.4, 0.5) is 0 Å². The van der Waals surface area contributed by atoms with Crippen molar-refractivity contribution in [1.82, 2.24) is 5.32 Å². The predicted molar refractivity (Wildman–Crippen MR) is 75.5 cm³/mol. The molecule has 0 aromatic rings. The summed E-state index contributed by atoms with van der Waals surface area (Å²) in [5.74, 6) is 0.410. The van der Waals surface area contributed by atoms with Gasteiger partial charge in [-0.05, 0) is 5.92 Å². The quantitative estimate of drug-likeness (QED) is 0.725. The van der Waals surface area contributed by atoms with Gasteiger partial charge in [0.1, 0.15) is 5.78 Å². The first kappa shape index (κ1) is 17.3. The van der Waals surface area contributed by atoms with Crippen molar-refractivity contribution in [2.75, 3.05) is 0 Å². The lowest BCUT2D eigenvalue weighted by atomic mass is 9.88.